The number of hydrogen-bond donors (Lipinski definition) is 3. The molecule has 0 bridgehead atoms. The molecule has 1 aromatic heterocycles. The van der Waals surface area contributed by atoms with E-state index in [1.54, 1.807) is 0 Å². The highest BCUT2D eigenvalue weighted by Crippen LogP contribution is 2.20. The van der Waals surface area contributed by atoms with Crippen LogP contribution < -0.4 is 10.6 Å². The normalized spacial score (nSPS) is 11.8. The molecule has 3 rings (SSSR count). The second-order valence-electron chi connectivity index (χ2n) is 7.78. The number of anilines is 1. The molecule has 3 aromatic rings. The van der Waals surface area contributed by atoms with Crippen LogP contribution in [0.15, 0.2) is 54.7 Å². The summed E-state index contributed by atoms with van der Waals surface area (Å²) in [5.41, 5.74) is 3.95. The number of rotatable bonds is 10. The first kappa shape index (κ1) is 22.3. The van der Waals surface area contributed by atoms with Crippen molar-refractivity contribution < 1.29 is 14.4 Å². The predicted octanol–water partition coefficient (Wildman–Crippen LogP) is 4.01. The van der Waals surface area contributed by atoms with E-state index in [-0.39, 0.29) is 42.9 Å². The number of para-hydroxylation sites is 2. The number of carbonyl (C=O) groups is 3. The topological polar surface area (TPSA) is 91.1 Å². The molecular weight excluding hydrogens is 390 g/mol. The molecule has 0 fully saturated rings. The van der Waals surface area contributed by atoms with Crippen molar-refractivity contribution in [1.29, 1.82) is 0 Å². The standard InChI is InChI=1S/C25H29N3O3/c1-3-18-8-4-6-10-22(18)28-24(30)13-12-20(29)16-27-25(31)17(2)14-19-15-26-23-11-7-5-9-21(19)23/h4-11,15,17,26H,3,12-14,16H2,1-2H3,(H,27,31)(H,28,30)/t17-/m0/s1. The molecule has 0 aliphatic carbocycles. The summed E-state index contributed by atoms with van der Waals surface area (Å²) in [6, 6.07) is 15.6. The van der Waals surface area contributed by atoms with E-state index in [1.165, 1.54) is 0 Å². The molecule has 162 valence electrons. The molecule has 2 aromatic carbocycles. The first-order valence-electron chi connectivity index (χ1n) is 10.7. The predicted molar refractivity (Wildman–Crippen MR) is 123 cm³/mol. The second kappa shape index (κ2) is 10.6. The fraction of sp³-hybridized carbons (Fsp3) is 0.320. The van der Waals surface area contributed by atoms with Crippen molar-refractivity contribution in [1.82, 2.24) is 10.3 Å². The van der Waals surface area contributed by atoms with E-state index in [1.807, 2.05) is 68.6 Å². The molecule has 0 saturated heterocycles. The minimum atomic E-state index is -0.263. The Morgan fingerprint density at radius 3 is 2.52 bits per heavy atom. The Morgan fingerprint density at radius 1 is 0.968 bits per heavy atom. The first-order valence-corrected chi connectivity index (χ1v) is 10.7. The van der Waals surface area contributed by atoms with Crippen LogP contribution in [-0.4, -0.2) is 29.1 Å². The third kappa shape index (κ3) is 6.04. The highest BCUT2D eigenvalue weighted by Gasteiger charge is 2.17. The van der Waals surface area contributed by atoms with E-state index in [0.29, 0.717) is 6.42 Å². The van der Waals surface area contributed by atoms with Gasteiger partial charge in [0, 0.05) is 41.5 Å². The smallest absolute Gasteiger partial charge is 0.224 e. The molecule has 0 aliphatic rings. The van der Waals surface area contributed by atoms with E-state index < -0.39 is 0 Å². The van der Waals surface area contributed by atoms with Crippen molar-refractivity contribution in [2.45, 2.75) is 39.5 Å². The van der Waals surface area contributed by atoms with Gasteiger partial charge in [0.15, 0.2) is 5.78 Å². The maximum absolute atomic E-state index is 12.4. The quantitative estimate of drug-likeness (QED) is 0.464. The minimum absolute atomic E-state index is 0.0596. The van der Waals surface area contributed by atoms with Gasteiger partial charge in [0.1, 0.15) is 0 Å². The molecule has 0 saturated carbocycles. The molecule has 0 unspecified atom stereocenters. The SMILES string of the molecule is CCc1ccccc1NC(=O)CCC(=O)CNC(=O)[C@@H](C)Cc1c[nH]c2ccccc12. The highest BCUT2D eigenvalue weighted by molar-refractivity contribution is 5.95. The molecule has 1 heterocycles. The number of carbonyl (C=O) groups excluding carboxylic acids is 3. The molecule has 2 amide bonds. The lowest BCUT2D eigenvalue weighted by Crippen LogP contribution is -2.34. The van der Waals surface area contributed by atoms with Gasteiger partial charge in [-0.2, -0.15) is 0 Å². The Morgan fingerprint density at radius 2 is 1.71 bits per heavy atom. The van der Waals surface area contributed by atoms with Gasteiger partial charge in [0.25, 0.3) is 0 Å². The lowest BCUT2D eigenvalue weighted by atomic mass is 10.00. The van der Waals surface area contributed by atoms with Gasteiger partial charge in [0.05, 0.1) is 6.54 Å². The summed E-state index contributed by atoms with van der Waals surface area (Å²) in [5, 5.41) is 6.67. The Balaban J connectivity index is 1.41. The van der Waals surface area contributed by atoms with Gasteiger partial charge in [0.2, 0.25) is 11.8 Å². The highest BCUT2D eigenvalue weighted by atomic mass is 16.2. The van der Waals surface area contributed by atoms with Crippen LogP contribution in [-0.2, 0) is 27.2 Å². The summed E-state index contributed by atoms with van der Waals surface area (Å²) in [6.45, 7) is 3.81. The summed E-state index contributed by atoms with van der Waals surface area (Å²) in [7, 11) is 0. The number of hydrogen-bond acceptors (Lipinski definition) is 3. The summed E-state index contributed by atoms with van der Waals surface area (Å²) in [5.74, 6) is -0.791. The van der Waals surface area contributed by atoms with E-state index >= 15 is 0 Å². The fourth-order valence-electron chi connectivity index (χ4n) is 3.59. The van der Waals surface area contributed by atoms with Crippen molar-refractivity contribution >= 4 is 34.2 Å². The van der Waals surface area contributed by atoms with Gasteiger partial charge >= 0.3 is 0 Å². The molecule has 0 aliphatic heterocycles. The molecule has 6 heteroatoms. The van der Waals surface area contributed by atoms with E-state index in [9.17, 15) is 14.4 Å². The number of aromatic nitrogens is 1. The Labute approximate surface area is 182 Å². The summed E-state index contributed by atoms with van der Waals surface area (Å²) < 4.78 is 0. The van der Waals surface area contributed by atoms with Gasteiger partial charge in [-0.05, 0) is 36.1 Å². The number of Topliss-reactive ketones (excluding diaryl/α,β-unsaturated/α-hetero) is 1. The van der Waals surface area contributed by atoms with Crippen LogP contribution in [0, 0.1) is 5.92 Å². The van der Waals surface area contributed by atoms with Crippen LogP contribution in [0.25, 0.3) is 10.9 Å². The molecular formula is C25H29N3O3. The van der Waals surface area contributed by atoms with Crippen LogP contribution in [0.3, 0.4) is 0 Å². The summed E-state index contributed by atoms with van der Waals surface area (Å²) in [4.78, 5) is 39.9. The number of nitrogens with one attached hydrogen (secondary N) is 3. The number of ketones is 1. The third-order valence-corrected chi connectivity index (χ3v) is 5.41. The van der Waals surface area contributed by atoms with Crippen LogP contribution >= 0.6 is 0 Å². The number of benzene rings is 2. The average Bonchev–Trinajstić information content (AvgIpc) is 3.19. The van der Waals surface area contributed by atoms with Crippen LogP contribution in [0.5, 0.6) is 0 Å². The maximum Gasteiger partial charge on any atom is 0.224 e. The molecule has 0 radical (unpaired) electrons. The summed E-state index contributed by atoms with van der Waals surface area (Å²) in [6.07, 6.45) is 3.52. The lowest BCUT2D eigenvalue weighted by molar-refractivity contribution is -0.127. The van der Waals surface area contributed by atoms with Crippen LogP contribution in [0.4, 0.5) is 5.69 Å². The van der Waals surface area contributed by atoms with Crippen molar-refractivity contribution in [3.8, 4) is 0 Å². The second-order valence-corrected chi connectivity index (χ2v) is 7.78. The average molecular weight is 420 g/mol. The Hall–Kier alpha value is -3.41. The summed E-state index contributed by atoms with van der Waals surface area (Å²) >= 11 is 0. The van der Waals surface area contributed by atoms with Crippen molar-refractivity contribution in [2.75, 3.05) is 11.9 Å². The monoisotopic (exact) mass is 419 g/mol. The fourth-order valence-corrected chi connectivity index (χ4v) is 3.59. The molecule has 6 nitrogen and oxygen atoms in total. The number of fused-ring (bicyclic) bond motifs is 1. The van der Waals surface area contributed by atoms with Gasteiger partial charge < -0.3 is 15.6 Å². The van der Waals surface area contributed by atoms with Crippen molar-refractivity contribution in [3.63, 3.8) is 0 Å². The van der Waals surface area contributed by atoms with Gasteiger partial charge in [-0.15, -0.1) is 0 Å². The van der Waals surface area contributed by atoms with Gasteiger partial charge in [-0.1, -0.05) is 50.2 Å². The first-order chi connectivity index (χ1) is 15.0. The molecule has 31 heavy (non-hydrogen) atoms. The Kier molecular flexibility index (Phi) is 7.60. The van der Waals surface area contributed by atoms with E-state index in [2.05, 4.69) is 15.6 Å². The molecule has 1 atom stereocenters. The number of H-pyrrole nitrogens is 1. The third-order valence-electron chi connectivity index (χ3n) is 5.41. The van der Waals surface area contributed by atoms with Crippen molar-refractivity contribution in [3.05, 3.63) is 65.9 Å². The zero-order valence-electron chi connectivity index (χ0n) is 18.0. The van der Waals surface area contributed by atoms with Gasteiger partial charge in [-0.3, -0.25) is 14.4 Å². The maximum atomic E-state index is 12.4. The zero-order valence-corrected chi connectivity index (χ0v) is 18.0. The van der Waals surface area contributed by atoms with Crippen molar-refractivity contribution in [2.24, 2.45) is 5.92 Å². The van der Waals surface area contributed by atoms with Gasteiger partial charge in [-0.25, -0.2) is 0 Å². The largest absolute Gasteiger partial charge is 0.361 e. The number of amides is 2. The lowest BCUT2D eigenvalue weighted by Gasteiger charge is -2.12. The molecule has 0 spiro atoms. The van der Waals surface area contributed by atoms with E-state index in [0.717, 1.165) is 34.1 Å². The number of aryl methyl sites for hydroxylation is 1. The Bertz CT molecular complexity index is 1070. The van der Waals surface area contributed by atoms with E-state index in [4.69, 9.17) is 0 Å². The van der Waals surface area contributed by atoms with Crippen LogP contribution in [0.2, 0.25) is 0 Å². The van der Waals surface area contributed by atoms with Crippen LogP contribution in [0.1, 0.15) is 37.8 Å². The zero-order chi connectivity index (χ0) is 22.2. The number of aromatic amines is 1. The molecule has 3 N–H and O–H groups in total. The minimum Gasteiger partial charge on any atom is -0.361 e.